The van der Waals surface area contributed by atoms with E-state index in [1.807, 2.05) is 24.3 Å². The number of hydrogen-bond donors (Lipinski definition) is 2. The SMILES string of the molecule is CCN1CCCc2cc(/C=N/NC(=S)Nc3cccc(Cl)c3)ccc21. The number of nitrogens with one attached hydrogen (secondary N) is 2. The summed E-state index contributed by atoms with van der Waals surface area (Å²) in [5, 5.41) is 8.35. The van der Waals surface area contributed by atoms with Crippen LogP contribution in [0.25, 0.3) is 0 Å². The minimum atomic E-state index is 0.425. The molecule has 0 unspecified atom stereocenters. The van der Waals surface area contributed by atoms with Gasteiger partial charge in [-0.15, -0.1) is 0 Å². The zero-order valence-electron chi connectivity index (χ0n) is 14.1. The van der Waals surface area contributed by atoms with E-state index in [1.165, 1.54) is 17.7 Å². The minimum Gasteiger partial charge on any atom is -0.372 e. The molecule has 0 atom stereocenters. The fourth-order valence-corrected chi connectivity index (χ4v) is 3.36. The van der Waals surface area contributed by atoms with E-state index in [9.17, 15) is 0 Å². The molecular weight excluding hydrogens is 352 g/mol. The summed E-state index contributed by atoms with van der Waals surface area (Å²) in [7, 11) is 0. The normalized spacial score (nSPS) is 13.6. The van der Waals surface area contributed by atoms with Gasteiger partial charge in [-0.1, -0.05) is 23.7 Å². The van der Waals surface area contributed by atoms with Crippen LogP contribution in [-0.4, -0.2) is 24.4 Å². The van der Waals surface area contributed by atoms with Gasteiger partial charge in [0.05, 0.1) is 6.21 Å². The quantitative estimate of drug-likeness (QED) is 0.473. The summed E-state index contributed by atoms with van der Waals surface area (Å²) in [6.45, 7) is 4.38. The first-order chi connectivity index (χ1) is 12.2. The van der Waals surface area contributed by atoms with E-state index < -0.39 is 0 Å². The molecule has 130 valence electrons. The van der Waals surface area contributed by atoms with Crippen LogP contribution >= 0.6 is 23.8 Å². The molecule has 0 spiro atoms. The van der Waals surface area contributed by atoms with Crippen LogP contribution in [0.4, 0.5) is 11.4 Å². The van der Waals surface area contributed by atoms with Gasteiger partial charge < -0.3 is 10.2 Å². The summed E-state index contributed by atoms with van der Waals surface area (Å²) in [4.78, 5) is 2.42. The molecule has 25 heavy (non-hydrogen) atoms. The number of hydrazone groups is 1. The Hall–Kier alpha value is -2.11. The molecule has 0 aromatic heterocycles. The van der Waals surface area contributed by atoms with Crippen molar-refractivity contribution in [2.24, 2.45) is 5.10 Å². The van der Waals surface area contributed by atoms with E-state index in [-0.39, 0.29) is 0 Å². The fourth-order valence-electron chi connectivity index (χ4n) is 2.99. The third-order valence-corrected chi connectivity index (χ3v) is 4.59. The van der Waals surface area contributed by atoms with Crippen LogP contribution in [0.15, 0.2) is 47.6 Å². The van der Waals surface area contributed by atoms with Crippen molar-refractivity contribution in [3.05, 3.63) is 58.6 Å². The number of halogens is 1. The molecule has 3 rings (SSSR count). The zero-order valence-corrected chi connectivity index (χ0v) is 15.7. The van der Waals surface area contributed by atoms with Crippen molar-refractivity contribution in [3.63, 3.8) is 0 Å². The molecule has 2 aromatic carbocycles. The number of fused-ring (bicyclic) bond motifs is 1. The maximum Gasteiger partial charge on any atom is 0.191 e. The average molecular weight is 373 g/mol. The van der Waals surface area contributed by atoms with E-state index in [1.54, 1.807) is 6.21 Å². The van der Waals surface area contributed by atoms with Crippen LogP contribution in [0.5, 0.6) is 0 Å². The highest BCUT2D eigenvalue weighted by molar-refractivity contribution is 7.80. The second-order valence-corrected chi connectivity index (χ2v) is 6.75. The van der Waals surface area contributed by atoms with Gasteiger partial charge in [0.15, 0.2) is 5.11 Å². The summed E-state index contributed by atoms with van der Waals surface area (Å²) in [5.74, 6) is 0. The highest BCUT2D eigenvalue weighted by Crippen LogP contribution is 2.27. The molecule has 1 heterocycles. The number of rotatable bonds is 4. The lowest BCUT2D eigenvalue weighted by Crippen LogP contribution is -2.28. The van der Waals surface area contributed by atoms with Gasteiger partial charge >= 0.3 is 0 Å². The van der Waals surface area contributed by atoms with Gasteiger partial charge in [-0.05, 0) is 73.4 Å². The second-order valence-electron chi connectivity index (χ2n) is 5.91. The van der Waals surface area contributed by atoms with Crippen LogP contribution in [0.3, 0.4) is 0 Å². The van der Waals surface area contributed by atoms with Crippen LogP contribution in [0.1, 0.15) is 24.5 Å². The molecule has 2 N–H and O–H groups in total. The molecule has 2 aromatic rings. The Balaban J connectivity index is 1.60. The molecule has 1 aliphatic heterocycles. The Morgan fingerprint density at radius 3 is 3.00 bits per heavy atom. The van der Waals surface area contributed by atoms with Gasteiger partial charge in [-0.25, -0.2) is 0 Å². The van der Waals surface area contributed by atoms with Crippen LogP contribution < -0.4 is 15.6 Å². The van der Waals surface area contributed by atoms with Crippen molar-refractivity contribution in [2.75, 3.05) is 23.3 Å². The molecule has 0 radical (unpaired) electrons. The molecule has 0 saturated carbocycles. The lowest BCUT2D eigenvalue weighted by molar-refractivity contribution is 0.708. The predicted molar refractivity (Wildman–Crippen MR) is 111 cm³/mol. The number of benzene rings is 2. The van der Waals surface area contributed by atoms with E-state index in [0.29, 0.717) is 10.1 Å². The van der Waals surface area contributed by atoms with Crippen molar-refractivity contribution in [2.45, 2.75) is 19.8 Å². The third kappa shape index (κ3) is 4.71. The van der Waals surface area contributed by atoms with E-state index in [0.717, 1.165) is 30.8 Å². The Bertz CT molecular complexity index is 791. The van der Waals surface area contributed by atoms with E-state index >= 15 is 0 Å². The molecule has 0 bridgehead atoms. The lowest BCUT2D eigenvalue weighted by atomic mass is 9.99. The van der Waals surface area contributed by atoms with Gasteiger partial charge in [0.2, 0.25) is 0 Å². The number of nitrogens with zero attached hydrogens (tertiary/aromatic N) is 2. The molecule has 0 amide bonds. The number of aryl methyl sites for hydroxylation is 1. The fraction of sp³-hybridized carbons (Fsp3) is 0.263. The van der Waals surface area contributed by atoms with Crippen LogP contribution in [0, 0.1) is 0 Å². The number of hydrogen-bond acceptors (Lipinski definition) is 3. The van der Waals surface area contributed by atoms with Crippen molar-refractivity contribution < 1.29 is 0 Å². The largest absolute Gasteiger partial charge is 0.372 e. The first-order valence-electron chi connectivity index (χ1n) is 8.39. The lowest BCUT2D eigenvalue weighted by Gasteiger charge is -2.30. The van der Waals surface area contributed by atoms with Gasteiger partial charge in [0.1, 0.15) is 0 Å². The minimum absolute atomic E-state index is 0.425. The van der Waals surface area contributed by atoms with Crippen molar-refractivity contribution in [3.8, 4) is 0 Å². The second kappa shape index (κ2) is 8.32. The average Bonchev–Trinajstić information content (AvgIpc) is 2.61. The van der Waals surface area contributed by atoms with Gasteiger partial charge in [-0.2, -0.15) is 5.10 Å². The van der Waals surface area contributed by atoms with Crippen LogP contribution in [0.2, 0.25) is 5.02 Å². The summed E-state index contributed by atoms with van der Waals surface area (Å²) in [6.07, 6.45) is 4.11. The molecule has 1 aliphatic rings. The summed E-state index contributed by atoms with van der Waals surface area (Å²) >= 11 is 11.2. The smallest absolute Gasteiger partial charge is 0.191 e. The predicted octanol–water partition coefficient (Wildman–Crippen LogP) is 4.43. The highest BCUT2D eigenvalue weighted by Gasteiger charge is 2.15. The topological polar surface area (TPSA) is 39.7 Å². The Morgan fingerprint density at radius 1 is 1.32 bits per heavy atom. The van der Waals surface area contributed by atoms with Gasteiger partial charge in [-0.3, -0.25) is 5.43 Å². The standard InChI is InChI=1S/C19H21ClN4S/c1-2-24-10-4-5-15-11-14(8-9-18(15)24)13-21-23-19(25)22-17-7-3-6-16(20)12-17/h3,6-9,11-13H,2,4-5,10H2,1H3,(H2,22,23,25)/b21-13+. The third-order valence-electron chi connectivity index (χ3n) is 4.16. The van der Waals surface area contributed by atoms with Crippen molar-refractivity contribution in [1.29, 1.82) is 0 Å². The number of anilines is 2. The molecule has 0 aliphatic carbocycles. The monoisotopic (exact) mass is 372 g/mol. The Labute approximate surface area is 158 Å². The summed E-state index contributed by atoms with van der Waals surface area (Å²) in [5.41, 5.74) is 7.46. The summed E-state index contributed by atoms with van der Waals surface area (Å²) < 4.78 is 0. The Kier molecular flexibility index (Phi) is 5.89. The Morgan fingerprint density at radius 2 is 2.20 bits per heavy atom. The van der Waals surface area contributed by atoms with Gasteiger partial charge in [0.25, 0.3) is 0 Å². The van der Waals surface area contributed by atoms with Crippen molar-refractivity contribution >= 4 is 46.5 Å². The van der Waals surface area contributed by atoms with E-state index in [4.69, 9.17) is 23.8 Å². The molecule has 6 heteroatoms. The van der Waals surface area contributed by atoms with Crippen molar-refractivity contribution in [1.82, 2.24) is 5.43 Å². The van der Waals surface area contributed by atoms with Gasteiger partial charge in [0, 0.05) is 29.5 Å². The zero-order chi connectivity index (χ0) is 17.6. The molecule has 4 nitrogen and oxygen atoms in total. The number of thiocarbonyl (C=S) groups is 1. The van der Waals surface area contributed by atoms with Crippen LogP contribution in [-0.2, 0) is 6.42 Å². The van der Waals surface area contributed by atoms with E-state index in [2.05, 4.69) is 45.9 Å². The molecule has 0 fully saturated rings. The summed E-state index contributed by atoms with van der Waals surface area (Å²) in [6, 6.07) is 13.9. The maximum atomic E-state index is 5.95. The maximum absolute atomic E-state index is 5.95. The first kappa shape index (κ1) is 17.7. The molecular formula is C19H21ClN4S. The highest BCUT2D eigenvalue weighted by atomic mass is 35.5. The first-order valence-corrected chi connectivity index (χ1v) is 9.18. The molecule has 0 saturated heterocycles.